The van der Waals surface area contributed by atoms with Gasteiger partial charge in [-0.15, -0.1) is 0 Å². The Hall–Kier alpha value is -3.43. The second-order valence-electron chi connectivity index (χ2n) is 5.95. The second-order valence-corrected chi connectivity index (χ2v) is 7.41. The molecule has 0 aliphatic carbocycles. The number of halogens is 1. The van der Waals surface area contributed by atoms with Gasteiger partial charge in [0.15, 0.2) is 0 Å². The molecule has 0 aliphatic rings. The smallest absolute Gasteiger partial charge is 0.339 e. The number of esters is 1. The van der Waals surface area contributed by atoms with E-state index in [0.717, 1.165) is 11.8 Å². The fourth-order valence-electron chi connectivity index (χ4n) is 2.56. The fourth-order valence-corrected chi connectivity index (χ4v) is 3.89. The second kappa shape index (κ2) is 9.38. The van der Waals surface area contributed by atoms with Gasteiger partial charge in [-0.05, 0) is 23.8 Å². The summed E-state index contributed by atoms with van der Waals surface area (Å²) in [5.41, 5.74) is 0.379. The predicted octanol–water partition coefficient (Wildman–Crippen LogP) is 5.66. The van der Waals surface area contributed by atoms with E-state index in [9.17, 15) is 25.0 Å². The summed E-state index contributed by atoms with van der Waals surface area (Å²) in [7, 11) is 0. The number of carbonyl (C=O) groups is 1. The molecule has 10 heteroatoms. The van der Waals surface area contributed by atoms with E-state index in [0.29, 0.717) is 10.5 Å². The Balaban J connectivity index is 1.82. The first kappa shape index (κ1) is 21.3. The molecule has 0 aromatic heterocycles. The minimum atomic E-state index is -0.667. The number of hydrogen-bond acceptors (Lipinski definition) is 7. The van der Waals surface area contributed by atoms with Crippen LogP contribution in [0.3, 0.4) is 0 Å². The molecule has 3 aromatic carbocycles. The summed E-state index contributed by atoms with van der Waals surface area (Å²) in [4.78, 5) is 34.4. The zero-order valence-corrected chi connectivity index (χ0v) is 16.8. The molecule has 0 unspecified atom stereocenters. The van der Waals surface area contributed by atoms with Crippen molar-refractivity contribution in [2.45, 2.75) is 16.4 Å². The maximum atomic E-state index is 12.6. The van der Waals surface area contributed by atoms with E-state index in [2.05, 4.69) is 0 Å². The van der Waals surface area contributed by atoms with E-state index < -0.39 is 15.8 Å². The van der Waals surface area contributed by atoms with Crippen molar-refractivity contribution in [1.29, 1.82) is 0 Å². The van der Waals surface area contributed by atoms with Gasteiger partial charge in [-0.1, -0.05) is 53.7 Å². The highest BCUT2D eigenvalue weighted by molar-refractivity contribution is 7.99. The van der Waals surface area contributed by atoms with Crippen molar-refractivity contribution in [2.75, 3.05) is 0 Å². The number of carbonyl (C=O) groups excluding carboxylic acids is 1. The molecule has 0 bridgehead atoms. The summed E-state index contributed by atoms with van der Waals surface area (Å²) in [6.45, 7) is -0.161. The summed E-state index contributed by atoms with van der Waals surface area (Å²) in [6.07, 6.45) is 0. The first-order valence-electron chi connectivity index (χ1n) is 8.47. The van der Waals surface area contributed by atoms with Crippen LogP contribution >= 0.6 is 23.4 Å². The number of hydrogen-bond donors (Lipinski definition) is 0. The predicted molar refractivity (Wildman–Crippen MR) is 111 cm³/mol. The fraction of sp³-hybridized carbons (Fsp3) is 0.0500. The lowest BCUT2D eigenvalue weighted by Gasteiger charge is -2.10. The number of rotatable bonds is 7. The van der Waals surface area contributed by atoms with Gasteiger partial charge in [0.25, 0.3) is 11.4 Å². The molecule has 3 aromatic rings. The number of nitro groups is 2. The van der Waals surface area contributed by atoms with E-state index in [4.69, 9.17) is 16.3 Å². The van der Waals surface area contributed by atoms with Gasteiger partial charge >= 0.3 is 5.97 Å². The third kappa shape index (κ3) is 4.94. The topological polar surface area (TPSA) is 113 Å². The van der Waals surface area contributed by atoms with E-state index >= 15 is 0 Å². The Kier molecular flexibility index (Phi) is 6.65. The van der Waals surface area contributed by atoms with Crippen LogP contribution in [0, 0.1) is 20.2 Å². The van der Waals surface area contributed by atoms with Gasteiger partial charge in [-0.25, -0.2) is 4.79 Å². The lowest BCUT2D eigenvalue weighted by Crippen LogP contribution is -2.07. The molecule has 0 spiro atoms. The Morgan fingerprint density at radius 2 is 1.70 bits per heavy atom. The summed E-state index contributed by atoms with van der Waals surface area (Å²) in [6, 6.07) is 16.6. The van der Waals surface area contributed by atoms with Crippen LogP contribution in [0.2, 0.25) is 5.02 Å². The quantitative estimate of drug-likeness (QED) is 0.262. The van der Waals surface area contributed by atoms with Gasteiger partial charge < -0.3 is 4.74 Å². The Morgan fingerprint density at radius 1 is 0.967 bits per heavy atom. The van der Waals surface area contributed by atoms with Crippen molar-refractivity contribution in [3.8, 4) is 0 Å². The van der Waals surface area contributed by atoms with Crippen LogP contribution < -0.4 is 0 Å². The summed E-state index contributed by atoms with van der Waals surface area (Å²) in [5.74, 6) is -0.667. The molecule has 0 saturated heterocycles. The summed E-state index contributed by atoms with van der Waals surface area (Å²) >= 11 is 7.13. The van der Waals surface area contributed by atoms with E-state index in [1.54, 1.807) is 24.3 Å². The lowest BCUT2D eigenvalue weighted by molar-refractivity contribution is -0.387. The minimum Gasteiger partial charge on any atom is -0.457 e. The molecule has 3 rings (SSSR count). The maximum absolute atomic E-state index is 12.6. The van der Waals surface area contributed by atoms with Crippen molar-refractivity contribution in [2.24, 2.45) is 0 Å². The average molecular weight is 445 g/mol. The normalized spacial score (nSPS) is 10.4. The van der Waals surface area contributed by atoms with E-state index in [1.807, 2.05) is 0 Å². The SMILES string of the molecule is O=C(OCc1cccc([N+](=O)[O-])c1)c1ccccc1Sc1c(Cl)cccc1[N+](=O)[O-]. The highest BCUT2D eigenvalue weighted by Crippen LogP contribution is 2.41. The Bertz CT molecular complexity index is 1140. The lowest BCUT2D eigenvalue weighted by atomic mass is 10.2. The molecule has 0 atom stereocenters. The zero-order valence-electron chi connectivity index (χ0n) is 15.2. The van der Waals surface area contributed by atoms with Gasteiger partial charge in [0.2, 0.25) is 0 Å². The molecular formula is C20H13ClN2O6S. The van der Waals surface area contributed by atoms with E-state index in [-0.39, 0.29) is 33.5 Å². The molecule has 0 radical (unpaired) electrons. The first-order chi connectivity index (χ1) is 14.4. The minimum absolute atomic E-state index is 0.106. The Morgan fingerprint density at radius 3 is 2.43 bits per heavy atom. The van der Waals surface area contributed by atoms with E-state index in [1.165, 1.54) is 42.5 Å². The van der Waals surface area contributed by atoms with Gasteiger partial charge in [-0.3, -0.25) is 20.2 Å². The molecule has 8 nitrogen and oxygen atoms in total. The molecule has 0 N–H and O–H groups in total. The van der Waals surface area contributed by atoms with Gasteiger partial charge in [0.05, 0.1) is 20.4 Å². The van der Waals surface area contributed by atoms with Crippen LogP contribution in [0.4, 0.5) is 11.4 Å². The molecule has 0 amide bonds. The molecule has 0 saturated carbocycles. The molecule has 0 aliphatic heterocycles. The summed E-state index contributed by atoms with van der Waals surface area (Å²) < 4.78 is 5.29. The van der Waals surface area contributed by atoms with Gasteiger partial charge in [0, 0.05) is 23.1 Å². The van der Waals surface area contributed by atoms with Crippen LogP contribution in [0.15, 0.2) is 76.5 Å². The van der Waals surface area contributed by atoms with Crippen molar-refractivity contribution >= 4 is 40.7 Å². The number of nitro benzene ring substituents is 2. The van der Waals surface area contributed by atoms with Crippen LogP contribution in [-0.2, 0) is 11.3 Å². The standard InChI is InChI=1S/C20H13ClN2O6S/c21-16-8-4-9-17(23(27)28)19(16)30-18-10-2-1-7-15(18)20(24)29-12-13-5-3-6-14(11-13)22(25)26/h1-11H,12H2. The molecule has 0 fully saturated rings. The zero-order chi connectivity index (χ0) is 21.7. The van der Waals surface area contributed by atoms with Crippen molar-refractivity contribution in [1.82, 2.24) is 0 Å². The number of non-ortho nitro benzene ring substituents is 1. The monoisotopic (exact) mass is 444 g/mol. The molecule has 30 heavy (non-hydrogen) atoms. The molecular weight excluding hydrogens is 432 g/mol. The number of nitrogens with zero attached hydrogens (tertiary/aromatic N) is 2. The van der Waals surface area contributed by atoms with Crippen molar-refractivity contribution in [3.63, 3.8) is 0 Å². The summed E-state index contributed by atoms with van der Waals surface area (Å²) in [5, 5.41) is 22.4. The van der Waals surface area contributed by atoms with Crippen molar-refractivity contribution < 1.29 is 19.4 Å². The largest absolute Gasteiger partial charge is 0.457 e. The van der Waals surface area contributed by atoms with Crippen molar-refractivity contribution in [3.05, 3.63) is 103 Å². The highest BCUT2D eigenvalue weighted by Gasteiger charge is 2.21. The van der Waals surface area contributed by atoms with Crippen LogP contribution in [0.5, 0.6) is 0 Å². The van der Waals surface area contributed by atoms with Gasteiger partial charge in [0.1, 0.15) is 11.5 Å². The maximum Gasteiger partial charge on any atom is 0.339 e. The van der Waals surface area contributed by atoms with Crippen LogP contribution in [0.25, 0.3) is 0 Å². The third-order valence-electron chi connectivity index (χ3n) is 3.95. The third-order valence-corrected chi connectivity index (χ3v) is 5.59. The average Bonchev–Trinajstić information content (AvgIpc) is 2.73. The number of ether oxygens (including phenoxy) is 1. The highest BCUT2D eigenvalue weighted by atomic mass is 35.5. The van der Waals surface area contributed by atoms with Crippen LogP contribution in [0.1, 0.15) is 15.9 Å². The van der Waals surface area contributed by atoms with Crippen LogP contribution in [-0.4, -0.2) is 15.8 Å². The molecule has 152 valence electrons. The number of benzene rings is 3. The Labute approximate surface area is 179 Å². The molecule has 0 heterocycles. The first-order valence-corrected chi connectivity index (χ1v) is 9.66. The van der Waals surface area contributed by atoms with Gasteiger partial charge in [-0.2, -0.15) is 0 Å².